The number of nitrogens with one attached hydrogen (secondary N) is 1. The highest BCUT2D eigenvalue weighted by Gasteiger charge is 2.57. The average molecular weight is 619 g/mol. The van der Waals surface area contributed by atoms with Crippen molar-refractivity contribution in [3.05, 3.63) is 94.8 Å². The molecule has 4 aliphatic rings. The summed E-state index contributed by atoms with van der Waals surface area (Å²) in [5, 5.41) is 2.84. The monoisotopic (exact) mass is 618 g/mol. The lowest BCUT2D eigenvalue weighted by Crippen LogP contribution is -2.49. The lowest BCUT2D eigenvalue weighted by atomic mass is 9.79. The molecule has 1 N–H and O–H groups in total. The zero-order chi connectivity index (χ0) is 32.3. The second-order valence-corrected chi connectivity index (χ2v) is 12.9. The molecule has 2 atom stereocenters. The van der Waals surface area contributed by atoms with Crippen molar-refractivity contribution >= 4 is 36.4 Å². The van der Waals surface area contributed by atoms with Crippen molar-refractivity contribution in [3.63, 3.8) is 0 Å². The Hall–Kier alpha value is -5.52. The number of ether oxygens (including phenoxy) is 2. The highest BCUT2D eigenvalue weighted by atomic mass is 16.5. The lowest BCUT2D eigenvalue weighted by Gasteiger charge is -2.33. The van der Waals surface area contributed by atoms with Crippen molar-refractivity contribution in [1.82, 2.24) is 19.9 Å². The third-order valence-electron chi connectivity index (χ3n) is 9.15. The second kappa shape index (κ2) is 10.5. The smallest absolute Gasteiger partial charge is 0.298 e. The minimum absolute atomic E-state index is 0.0490. The molecule has 2 aliphatic heterocycles. The van der Waals surface area contributed by atoms with Gasteiger partial charge < -0.3 is 14.8 Å². The number of hydrogen-bond donors (Lipinski definition) is 1. The molecule has 232 valence electrons. The van der Waals surface area contributed by atoms with Gasteiger partial charge in [-0.2, -0.15) is 0 Å². The lowest BCUT2D eigenvalue weighted by molar-refractivity contribution is -0.124. The number of rotatable bonds is 4. The second-order valence-electron chi connectivity index (χ2n) is 12.9. The Bertz CT molecular complexity index is 1940. The number of carbonyl (C=O) groups is 4. The van der Waals surface area contributed by atoms with Gasteiger partial charge in [0.15, 0.2) is 0 Å². The van der Waals surface area contributed by atoms with Gasteiger partial charge in [0, 0.05) is 53.3 Å². The van der Waals surface area contributed by atoms with E-state index >= 15 is 0 Å². The summed E-state index contributed by atoms with van der Waals surface area (Å²) in [5.41, 5.74) is 3.79. The molecule has 6 heterocycles. The number of amides is 2. The zero-order valence-corrected chi connectivity index (χ0v) is 25.4. The molecule has 8 rings (SSSR count). The van der Waals surface area contributed by atoms with Gasteiger partial charge in [0.2, 0.25) is 11.8 Å². The van der Waals surface area contributed by atoms with Crippen molar-refractivity contribution in [3.8, 4) is 11.5 Å². The van der Waals surface area contributed by atoms with Crippen LogP contribution in [-0.4, -0.2) is 50.2 Å². The summed E-state index contributed by atoms with van der Waals surface area (Å²) in [7, 11) is 0. The Balaban J connectivity index is 0.000000149. The molecule has 2 amide bonds. The van der Waals surface area contributed by atoms with Crippen molar-refractivity contribution < 1.29 is 28.7 Å². The van der Waals surface area contributed by atoms with Gasteiger partial charge >= 0.3 is 0 Å². The first-order valence-corrected chi connectivity index (χ1v) is 14.8. The molecule has 2 aliphatic carbocycles. The normalized spacial score (nSPS) is 21.6. The summed E-state index contributed by atoms with van der Waals surface area (Å²) in [6, 6.07) is 11.2. The molecule has 0 fully saturated rings. The summed E-state index contributed by atoms with van der Waals surface area (Å²) in [6.07, 6.45) is 8.56. The molecule has 4 aromatic rings. The highest BCUT2D eigenvalue weighted by Crippen LogP contribution is 2.51. The highest BCUT2D eigenvalue weighted by molar-refractivity contribution is 6.09. The molecule has 0 bridgehead atoms. The number of aromatic nitrogens is 4. The van der Waals surface area contributed by atoms with E-state index in [1.165, 1.54) is 12.4 Å². The summed E-state index contributed by atoms with van der Waals surface area (Å²) in [4.78, 5) is 66.2. The van der Waals surface area contributed by atoms with Crippen molar-refractivity contribution in [2.24, 2.45) is 0 Å². The van der Waals surface area contributed by atoms with Gasteiger partial charge in [0.1, 0.15) is 23.1 Å². The third-order valence-corrected chi connectivity index (χ3v) is 9.15. The maximum atomic E-state index is 13.5. The van der Waals surface area contributed by atoms with Crippen LogP contribution in [-0.2, 0) is 55.7 Å². The number of nitrogens with zero attached hydrogens (tertiary/aromatic N) is 5. The van der Waals surface area contributed by atoms with E-state index in [4.69, 9.17) is 9.47 Å². The average Bonchev–Trinajstić information content (AvgIpc) is 3.74. The van der Waals surface area contributed by atoms with Crippen LogP contribution in [0.2, 0.25) is 0 Å². The molecule has 12 heteroatoms. The van der Waals surface area contributed by atoms with E-state index in [-0.39, 0.29) is 17.4 Å². The van der Waals surface area contributed by atoms with Crippen LogP contribution in [0.1, 0.15) is 54.4 Å². The molecule has 0 unspecified atom stereocenters. The minimum Gasteiger partial charge on any atom is -0.427 e. The van der Waals surface area contributed by atoms with Crippen LogP contribution in [0, 0.1) is 0 Å². The Labute approximate surface area is 264 Å². The van der Waals surface area contributed by atoms with E-state index in [0.717, 1.165) is 39.5 Å². The third kappa shape index (κ3) is 4.43. The Morgan fingerprint density at radius 2 is 1.35 bits per heavy atom. The quantitative estimate of drug-likeness (QED) is 0.337. The summed E-state index contributed by atoms with van der Waals surface area (Å²) in [6.45, 7) is 6.79. The van der Waals surface area contributed by atoms with E-state index in [9.17, 15) is 19.2 Å². The van der Waals surface area contributed by atoms with Gasteiger partial charge in [-0.3, -0.25) is 34.0 Å². The number of fused-ring (bicyclic) bond motifs is 6. The van der Waals surface area contributed by atoms with Crippen LogP contribution in [0.15, 0.2) is 61.2 Å². The van der Waals surface area contributed by atoms with E-state index in [0.29, 0.717) is 55.9 Å². The largest absolute Gasteiger partial charge is 0.427 e. The van der Waals surface area contributed by atoms with Crippen molar-refractivity contribution in [2.75, 3.05) is 10.2 Å². The van der Waals surface area contributed by atoms with Crippen LogP contribution >= 0.6 is 0 Å². The predicted molar refractivity (Wildman–Crippen MR) is 164 cm³/mol. The molecule has 0 radical (unpaired) electrons. The molecular weight excluding hydrogens is 588 g/mol. The van der Waals surface area contributed by atoms with E-state index < -0.39 is 10.8 Å². The minimum atomic E-state index is -0.675. The Kier molecular flexibility index (Phi) is 6.69. The first-order chi connectivity index (χ1) is 22.1. The first kappa shape index (κ1) is 29.2. The van der Waals surface area contributed by atoms with Crippen LogP contribution < -0.4 is 19.7 Å². The van der Waals surface area contributed by atoms with E-state index in [2.05, 4.69) is 25.3 Å². The molecule has 0 aromatic carbocycles. The van der Waals surface area contributed by atoms with Gasteiger partial charge in [0.05, 0.1) is 23.2 Å². The Morgan fingerprint density at radius 3 is 1.96 bits per heavy atom. The molecule has 0 saturated carbocycles. The SMILES string of the molecule is CC(C)(C)N1C(=O)[C@]2(Cc3cc(OC=O)cnc3C2)c2cccnc21.O=COc1cnc2c(c1)C[C@@]1(C2)C(=O)Nc2ncccc21. The summed E-state index contributed by atoms with van der Waals surface area (Å²) in [5.74, 6) is 2.16. The van der Waals surface area contributed by atoms with E-state index in [1.54, 1.807) is 29.4 Å². The number of anilines is 2. The fourth-order valence-electron chi connectivity index (χ4n) is 7.17. The van der Waals surface area contributed by atoms with Crippen molar-refractivity contribution in [1.29, 1.82) is 0 Å². The predicted octanol–water partition coefficient (Wildman–Crippen LogP) is 3.19. The van der Waals surface area contributed by atoms with E-state index in [1.807, 2.05) is 45.0 Å². The number of carbonyl (C=O) groups excluding carboxylic acids is 4. The van der Waals surface area contributed by atoms with Gasteiger partial charge in [0.25, 0.3) is 12.9 Å². The number of pyridine rings is 4. The fourth-order valence-corrected chi connectivity index (χ4v) is 7.17. The molecule has 46 heavy (non-hydrogen) atoms. The molecule has 12 nitrogen and oxygen atoms in total. The molecule has 2 spiro atoms. The van der Waals surface area contributed by atoms with Crippen LogP contribution in [0.4, 0.5) is 11.6 Å². The topological polar surface area (TPSA) is 154 Å². The zero-order valence-electron chi connectivity index (χ0n) is 25.4. The Morgan fingerprint density at radius 1 is 0.783 bits per heavy atom. The fraction of sp³-hybridized carbons (Fsp3) is 0.294. The molecule has 4 aromatic heterocycles. The summed E-state index contributed by atoms with van der Waals surface area (Å²) >= 11 is 0. The number of hydrogen-bond acceptors (Lipinski definition) is 10. The molecule has 0 saturated heterocycles. The summed E-state index contributed by atoms with van der Waals surface area (Å²) < 4.78 is 9.73. The van der Waals surface area contributed by atoms with Gasteiger partial charge in [-0.1, -0.05) is 12.1 Å². The maximum absolute atomic E-state index is 13.5. The van der Waals surface area contributed by atoms with Crippen LogP contribution in [0.25, 0.3) is 0 Å². The molecular formula is C34H30N6O6. The van der Waals surface area contributed by atoms with Crippen LogP contribution in [0.3, 0.4) is 0 Å². The first-order valence-electron chi connectivity index (χ1n) is 14.8. The van der Waals surface area contributed by atoms with Gasteiger partial charge in [-0.15, -0.1) is 0 Å². The van der Waals surface area contributed by atoms with Gasteiger partial charge in [-0.25, -0.2) is 9.97 Å². The maximum Gasteiger partial charge on any atom is 0.298 e. The standard InChI is InChI=1S/C19H19N3O3.C15H11N3O3/c1-18(2,3)22-16-14(5-4-6-20-16)19(17(22)24)8-12-7-13(25-11-23)10-21-15(12)9-19;19-8-21-10-4-9-5-15(6-12(9)17-7-10)11-2-1-3-16-13(11)18-14(15)20/h4-7,10-11H,8-9H2,1-3H3;1-4,7-8H,5-6H2,(H,16,18,20)/t19-;15-/m00/s1. The van der Waals surface area contributed by atoms with Gasteiger partial charge in [-0.05, 0) is 69.0 Å². The van der Waals surface area contributed by atoms with Crippen LogP contribution in [0.5, 0.6) is 11.5 Å². The van der Waals surface area contributed by atoms with Crippen molar-refractivity contribution in [2.45, 2.75) is 62.8 Å².